The Labute approximate surface area is 156 Å². The number of aromatic amines is 1. The Balaban J connectivity index is 1.48. The van der Waals surface area contributed by atoms with Gasteiger partial charge in [-0.1, -0.05) is 19.1 Å². The fourth-order valence-corrected chi connectivity index (χ4v) is 3.81. The van der Waals surface area contributed by atoms with Crippen molar-refractivity contribution in [1.82, 2.24) is 15.1 Å². The predicted octanol–water partition coefficient (Wildman–Crippen LogP) is 3.96. The summed E-state index contributed by atoms with van der Waals surface area (Å²) in [6.07, 6.45) is 5.22. The predicted molar refractivity (Wildman–Crippen MR) is 105 cm³/mol. The van der Waals surface area contributed by atoms with Gasteiger partial charge in [-0.05, 0) is 75.3 Å². The van der Waals surface area contributed by atoms with E-state index in [9.17, 15) is 4.79 Å². The maximum absolute atomic E-state index is 12.0. The van der Waals surface area contributed by atoms with E-state index in [1.165, 1.54) is 31.5 Å². The number of nitrogens with one attached hydrogen (secondary N) is 2. The lowest BCUT2D eigenvalue weighted by molar-refractivity contribution is 0.0981. The van der Waals surface area contributed by atoms with Gasteiger partial charge in [0.1, 0.15) is 5.69 Å². The van der Waals surface area contributed by atoms with Gasteiger partial charge in [-0.2, -0.15) is 5.10 Å². The Morgan fingerprint density at radius 1 is 1.31 bits per heavy atom. The van der Waals surface area contributed by atoms with Crippen LogP contribution in [-0.2, 0) is 6.42 Å². The number of piperidine rings is 1. The van der Waals surface area contributed by atoms with Crippen LogP contribution >= 0.6 is 0 Å². The van der Waals surface area contributed by atoms with Crippen LogP contribution in [0.15, 0.2) is 36.5 Å². The molecule has 0 bridgehead atoms. The third kappa shape index (κ3) is 4.73. The normalized spacial score (nSPS) is 21.1. The molecule has 0 radical (unpaired) electrons. The van der Waals surface area contributed by atoms with Gasteiger partial charge in [0.05, 0.1) is 0 Å². The van der Waals surface area contributed by atoms with Crippen molar-refractivity contribution in [3.05, 3.63) is 47.8 Å². The average molecular weight is 354 g/mol. The zero-order valence-electron chi connectivity index (χ0n) is 16.0. The highest BCUT2D eigenvalue weighted by molar-refractivity contribution is 6.02. The summed E-state index contributed by atoms with van der Waals surface area (Å²) in [6.45, 7) is 9.43. The van der Waals surface area contributed by atoms with Crippen LogP contribution in [0.5, 0.6) is 0 Å². The molecule has 26 heavy (non-hydrogen) atoms. The van der Waals surface area contributed by atoms with Gasteiger partial charge in [-0.3, -0.25) is 9.89 Å². The van der Waals surface area contributed by atoms with Gasteiger partial charge in [0.25, 0.3) is 5.91 Å². The first kappa shape index (κ1) is 18.6. The number of carbonyl (C=O) groups excluding carboxylic acids is 1. The molecule has 1 aromatic heterocycles. The first-order valence-corrected chi connectivity index (χ1v) is 9.66. The molecule has 1 aliphatic heterocycles. The number of rotatable bonds is 6. The number of H-pyrrole nitrogens is 1. The highest BCUT2D eigenvalue weighted by atomic mass is 16.1. The van der Waals surface area contributed by atoms with Crippen LogP contribution in [0.4, 0.5) is 5.69 Å². The number of hydrogen-bond donors (Lipinski definition) is 2. The molecule has 3 rings (SSSR count). The van der Waals surface area contributed by atoms with E-state index in [1.54, 1.807) is 12.3 Å². The van der Waals surface area contributed by atoms with Crippen LogP contribution < -0.4 is 5.32 Å². The molecule has 0 spiro atoms. The lowest BCUT2D eigenvalue weighted by Crippen LogP contribution is -2.43. The fraction of sp³-hybridized carbons (Fsp3) is 0.524. The van der Waals surface area contributed by atoms with E-state index in [1.807, 2.05) is 12.1 Å². The van der Waals surface area contributed by atoms with Crippen molar-refractivity contribution in [3.8, 4) is 0 Å². The van der Waals surface area contributed by atoms with Gasteiger partial charge in [0.2, 0.25) is 0 Å². The minimum absolute atomic E-state index is 0.166. The number of aryl methyl sites for hydroxylation is 1. The smallest absolute Gasteiger partial charge is 0.273 e. The Kier molecular flexibility index (Phi) is 6.09. The highest BCUT2D eigenvalue weighted by Crippen LogP contribution is 2.28. The SMILES string of the molecule is CC(C)N1CC[C@H](CCc2ccc(NC(=O)c3ccn[nH]3)cc2)[C@@H](C)C1. The number of benzene rings is 1. The average Bonchev–Trinajstić information content (AvgIpc) is 3.16. The van der Waals surface area contributed by atoms with Crippen LogP contribution in [0, 0.1) is 11.8 Å². The van der Waals surface area contributed by atoms with Gasteiger partial charge in [0, 0.05) is 24.5 Å². The zero-order chi connectivity index (χ0) is 18.5. The minimum atomic E-state index is -0.166. The quantitative estimate of drug-likeness (QED) is 0.825. The van der Waals surface area contributed by atoms with Gasteiger partial charge in [-0.25, -0.2) is 0 Å². The van der Waals surface area contributed by atoms with Crippen molar-refractivity contribution in [3.63, 3.8) is 0 Å². The van der Waals surface area contributed by atoms with E-state index in [-0.39, 0.29) is 5.91 Å². The Bertz CT molecular complexity index is 693. The second kappa shape index (κ2) is 8.49. The molecule has 1 fully saturated rings. The van der Waals surface area contributed by atoms with Crippen LogP contribution in [0.2, 0.25) is 0 Å². The number of hydrogen-bond acceptors (Lipinski definition) is 3. The summed E-state index contributed by atoms with van der Waals surface area (Å²) in [5.74, 6) is 1.41. The van der Waals surface area contributed by atoms with Crippen molar-refractivity contribution >= 4 is 11.6 Å². The topological polar surface area (TPSA) is 61.0 Å². The monoisotopic (exact) mass is 354 g/mol. The van der Waals surface area contributed by atoms with Crippen molar-refractivity contribution in [1.29, 1.82) is 0 Å². The number of amides is 1. The summed E-state index contributed by atoms with van der Waals surface area (Å²) in [4.78, 5) is 14.6. The van der Waals surface area contributed by atoms with E-state index in [0.717, 1.165) is 23.9 Å². The molecule has 0 aliphatic carbocycles. The minimum Gasteiger partial charge on any atom is -0.321 e. The standard InChI is InChI=1S/C21H30N4O/c1-15(2)25-13-11-18(16(3)14-25)7-4-17-5-8-19(9-6-17)23-21(26)20-10-12-22-24-20/h5-6,8-10,12,15-16,18H,4,7,11,13-14H2,1-3H3,(H,22,24)(H,23,26)/t16-,18-/m0/s1. The number of carbonyl (C=O) groups is 1. The number of anilines is 1. The van der Waals surface area contributed by atoms with Crippen LogP contribution in [0.25, 0.3) is 0 Å². The van der Waals surface area contributed by atoms with Gasteiger partial charge >= 0.3 is 0 Å². The molecule has 5 nitrogen and oxygen atoms in total. The Morgan fingerprint density at radius 3 is 2.69 bits per heavy atom. The number of aromatic nitrogens is 2. The first-order valence-electron chi connectivity index (χ1n) is 9.66. The van der Waals surface area contributed by atoms with Crippen LogP contribution in [0.1, 0.15) is 49.7 Å². The first-order chi connectivity index (χ1) is 12.5. The third-order valence-corrected chi connectivity index (χ3v) is 5.61. The lowest BCUT2D eigenvalue weighted by atomic mass is 9.82. The summed E-state index contributed by atoms with van der Waals surface area (Å²) in [7, 11) is 0. The van der Waals surface area contributed by atoms with E-state index in [2.05, 4.69) is 53.3 Å². The molecule has 2 heterocycles. The molecule has 2 aromatic rings. The summed E-state index contributed by atoms with van der Waals surface area (Å²) >= 11 is 0. The zero-order valence-corrected chi connectivity index (χ0v) is 16.0. The Morgan fingerprint density at radius 2 is 2.08 bits per heavy atom. The van der Waals surface area contributed by atoms with Crippen LogP contribution in [-0.4, -0.2) is 40.1 Å². The molecule has 1 amide bonds. The molecule has 1 aromatic carbocycles. The third-order valence-electron chi connectivity index (χ3n) is 5.61. The molecule has 1 saturated heterocycles. The van der Waals surface area contributed by atoms with Crippen molar-refractivity contribution in [2.75, 3.05) is 18.4 Å². The van der Waals surface area contributed by atoms with E-state index >= 15 is 0 Å². The molecule has 5 heteroatoms. The lowest BCUT2D eigenvalue weighted by Gasteiger charge is -2.39. The van der Waals surface area contributed by atoms with E-state index < -0.39 is 0 Å². The molecule has 2 N–H and O–H groups in total. The van der Waals surface area contributed by atoms with Gasteiger partial charge in [-0.15, -0.1) is 0 Å². The van der Waals surface area contributed by atoms with Gasteiger partial charge < -0.3 is 10.2 Å². The van der Waals surface area contributed by atoms with Gasteiger partial charge in [0.15, 0.2) is 0 Å². The molecule has 0 saturated carbocycles. The molecule has 1 aliphatic rings. The van der Waals surface area contributed by atoms with Crippen LogP contribution in [0.3, 0.4) is 0 Å². The molecule has 0 unspecified atom stereocenters. The maximum atomic E-state index is 12.0. The summed E-state index contributed by atoms with van der Waals surface area (Å²) in [5, 5.41) is 9.36. The Hall–Kier alpha value is -2.14. The maximum Gasteiger partial charge on any atom is 0.273 e. The largest absolute Gasteiger partial charge is 0.321 e. The van der Waals surface area contributed by atoms with Crippen molar-refractivity contribution < 1.29 is 4.79 Å². The van der Waals surface area contributed by atoms with E-state index in [4.69, 9.17) is 0 Å². The second-order valence-corrected chi connectivity index (χ2v) is 7.77. The molecular formula is C21H30N4O. The summed E-state index contributed by atoms with van der Waals surface area (Å²) < 4.78 is 0. The van der Waals surface area contributed by atoms with Crippen molar-refractivity contribution in [2.45, 2.75) is 46.1 Å². The summed E-state index contributed by atoms with van der Waals surface area (Å²) in [6, 6.07) is 10.5. The van der Waals surface area contributed by atoms with E-state index in [0.29, 0.717) is 11.7 Å². The highest BCUT2D eigenvalue weighted by Gasteiger charge is 2.26. The molecular weight excluding hydrogens is 324 g/mol. The molecule has 2 atom stereocenters. The number of likely N-dealkylation sites (tertiary alicyclic amines) is 1. The second-order valence-electron chi connectivity index (χ2n) is 7.77. The van der Waals surface area contributed by atoms with Crippen molar-refractivity contribution in [2.24, 2.45) is 11.8 Å². The fourth-order valence-electron chi connectivity index (χ4n) is 3.81. The summed E-state index contributed by atoms with van der Waals surface area (Å²) in [5.41, 5.74) is 2.62. The molecule has 140 valence electrons. The number of nitrogens with zero attached hydrogens (tertiary/aromatic N) is 2.